The van der Waals surface area contributed by atoms with E-state index in [1.54, 1.807) is 0 Å². The van der Waals surface area contributed by atoms with E-state index in [-0.39, 0.29) is 24.8 Å². The minimum atomic E-state index is -4.06. The number of aryl methyl sites for hydroxylation is 2. The lowest BCUT2D eigenvalue weighted by Crippen LogP contribution is -2.34. The molecule has 118 valence electrons. The van der Waals surface area contributed by atoms with Gasteiger partial charge in [0.15, 0.2) is 0 Å². The maximum absolute atomic E-state index is 13.0. The summed E-state index contributed by atoms with van der Waals surface area (Å²) in [4.78, 5) is 0. The van der Waals surface area contributed by atoms with Gasteiger partial charge in [0, 0.05) is 6.04 Å². The van der Waals surface area contributed by atoms with Crippen molar-refractivity contribution < 1.29 is 13.2 Å². The normalized spacial score (nSPS) is 24.9. The van der Waals surface area contributed by atoms with Crippen LogP contribution in [-0.2, 0) is 0 Å². The van der Waals surface area contributed by atoms with E-state index in [0.29, 0.717) is 6.42 Å². The molecule has 0 amide bonds. The van der Waals surface area contributed by atoms with Crippen molar-refractivity contribution in [3.63, 3.8) is 0 Å². The predicted octanol–water partition coefficient (Wildman–Crippen LogP) is 4.93. The largest absolute Gasteiger partial charge is 0.391 e. The van der Waals surface area contributed by atoms with Gasteiger partial charge in [-0.3, -0.25) is 0 Å². The van der Waals surface area contributed by atoms with Gasteiger partial charge in [0.05, 0.1) is 5.92 Å². The maximum Gasteiger partial charge on any atom is 0.391 e. The lowest BCUT2D eigenvalue weighted by Gasteiger charge is -2.35. The summed E-state index contributed by atoms with van der Waals surface area (Å²) >= 11 is 0. The molecule has 1 fully saturated rings. The van der Waals surface area contributed by atoms with E-state index in [1.807, 2.05) is 20.9 Å². The molecular formula is C17H24F3N. The summed E-state index contributed by atoms with van der Waals surface area (Å²) in [6, 6.07) is 6.28. The molecule has 0 radical (unpaired) electrons. The summed E-state index contributed by atoms with van der Waals surface area (Å²) < 4.78 is 39.0. The van der Waals surface area contributed by atoms with Crippen molar-refractivity contribution in [1.82, 2.24) is 5.32 Å². The van der Waals surface area contributed by atoms with E-state index < -0.39 is 12.1 Å². The number of nitrogens with one attached hydrogen (secondary N) is 1. The molecule has 1 N–H and O–H groups in total. The fourth-order valence-electron chi connectivity index (χ4n) is 3.69. The Hall–Kier alpha value is -1.03. The molecular weight excluding hydrogens is 275 g/mol. The van der Waals surface area contributed by atoms with Crippen molar-refractivity contribution in [2.75, 3.05) is 7.05 Å². The first-order valence-corrected chi connectivity index (χ1v) is 7.63. The molecule has 0 aliphatic heterocycles. The van der Waals surface area contributed by atoms with Crippen LogP contribution in [0.4, 0.5) is 13.2 Å². The van der Waals surface area contributed by atoms with Crippen LogP contribution < -0.4 is 5.32 Å². The first kappa shape index (κ1) is 16.3. The highest BCUT2D eigenvalue weighted by Crippen LogP contribution is 2.44. The van der Waals surface area contributed by atoms with Gasteiger partial charge in [-0.05, 0) is 51.6 Å². The van der Waals surface area contributed by atoms with Crippen molar-refractivity contribution in [1.29, 1.82) is 0 Å². The summed E-state index contributed by atoms with van der Waals surface area (Å²) in [5.41, 5.74) is 3.43. The van der Waals surface area contributed by atoms with Crippen LogP contribution in [0.15, 0.2) is 18.2 Å². The fraction of sp³-hybridized carbons (Fsp3) is 0.647. The third kappa shape index (κ3) is 4.00. The van der Waals surface area contributed by atoms with Crippen molar-refractivity contribution in [2.24, 2.45) is 11.8 Å². The monoisotopic (exact) mass is 299 g/mol. The Morgan fingerprint density at radius 2 is 1.71 bits per heavy atom. The summed E-state index contributed by atoms with van der Waals surface area (Å²) in [5.74, 6) is -1.09. The quantitative estimate of drug-likeness (QED) is 0.834. The highest BCUT2D eigenvalue weighted by molar-refractivity contribution is 5.31. The smallest absolute Gasteiger partial charge is 0.313 e. The van der Waals surface area contributed by atoms with E-state index in [4.69, 9.17) is 0 Å². The van der Waals surface area contributed by atoms with Gasteiger partial charge in [0.25, 0.3) is 0 Å². The van der Waals surface area contributed by atoms with Gasteiger partial charge in [-0.2, -0.15) is 13.2 Å². The van der Waals surface area contributed by atoms with Crippen molar-refractivity contribution >= 4 is 0 Å². The van der Waals surface area contributed by atoms with E-state index in [0.717, 1.165) is 23.1 Å². The summed E-state index contributed by atoms with van der Waals surface area (Å²) in [6.45, 7) is 4.06. The Bertz CT molecular complexity index is 461. The number of rotatable bonds is 3. The third-order valence-electron chi connectivity index (χ3n) is 4.56. The van der Waals surface area contributed by atoms with Gasteiger partial charge in [-0.25, -0.2) is 0 Å². The third-order valence-corrected chi connectivity index (χ3v) is 4.56. The molecule has 21 heavy (non-hydrogen) atoms. The summed E-state index contributed by atoms with van der Waals surface area (Å²) in [5, 5.41) is 3.25. The summed E-state index contributed by atoms with van der Waals surface area (Å²) in [7, 11) is 1.85. The zero-order valence-corrected chi connectivity index (χ0v) is 12.9. The standard InChI is InChI=1S/C17H24F3N/c1-11-7-12(2)9-14(8-11)16(21-3)13-5-4-6-15(10-13)17(18,19)20/h7-9,13,15-16,21H,4-6,10H2,1-3H3. The van der Waals surface area contributed by atoms with Crippen LogP contribution in [0.1, 0.15) is 48.4 Å². The van der Waals surface area contributed by atoms with Gasteiger partial charge in [-0.15, -0.1) is 0 Å². The molecule has 1 aromatic rings. The molecule has 0 aromatic heterocycles. The molecule has 1 saturated carbocycles. The first-order chi connectivity index (χ1) is 9.81. The highest BCUT2D eigenvalue weighted by atomic mass is 19.4. The molecule has 1 nitrogen and oxygen atoms in total. The Morgan fingerprint density at radius 3 is 2.24 bits per heavy atom. The van der Waals surface area contributed by atoms with E-state index in [2.05, 4.69) is 23.5 Å². The molecule has 1 aliphatic rings. The number of benzene rings is 1. The van der Waals surface area contributed by atoms with Crippen LogP contribution in [0.2, 0.25) is 0 Å². The number of hydrogen-bond acceptors (Lipinski definition) is 1. The Morgan fingerprint density at radius 1 is 1.10 bits per heavy atom. The molecule has 0 heterocycles. The summed E-state index contributed by atoms with van der Waals surface area (Å²) in [6.07, 6.45) is -2.01. The van der Waals surface area contributed by atoms with E-state index >= 15 is 0 Å². The topological polar surface area (TPSA) is 12.0 Å². The van der Waals surface area contributed by atoms with Gasteiger partial charge >= 0.3 is 6.18 Å². The first-order valence-electron chi connectivity index (χ1n) is 7.63. The molecule has 1 aromatic carbocycles. The highest BCUT2D eigenvalue weighted by Gasteiger charge is 2.43. The number of alkyl halides is 3. The molecule has 1 aliphatic carbocycles. The molecule has 4 heteroatoms. The van der Waals surface area contributed by atoms with Crippen LogP contribution in [0, 0.1) is 25.7 Å². The van der Waals surface area contributed by atoms with E-state index in [1.165, 1.54) is 0 Å². The van der Waals surface area contributed by atoms with Crippen LogP contribution in [0.25, 0.3) is 0 Å². The van der Waals surface area contributed by atoms with Crippen LogP contribution in [0.3, 0.4) is 0 Å². The second-order valence-corrected chi connectivity index (χ2v) is 6.35. The van der Waals surface area contributed by atoms with Crippen molar-refractivity contribution in [2.45, 2.75) is 51.7 Å². The molecule has 0 bridgehead atoms. The maximum atomic E-state index is 13.0. The molecule has 3 unspecified atom stereocenters. The van der Waals surface area contributed by atoms with Crippen molar-refractivity contribution in [3.05, 3.63) is 34.9 Å². The average molecular weight is 299 g/mol. The zero-order chi connectivity index (χ0) is 15.6. The lowest BCUT2D eigenvalue weighted by molar-refractivity contribution is -0.186. The second-order valence-electron chi connectivity index (χ2n) is 6.35. The van der Waals surface area contributed by atoms with Gasteiger partial charge in [0.1, 0.15) is 0 Å². The molecule has 0 saturated heterocycles. The Balaban J connectivity index is 2.20. The SMILES string of the molecule is CNC(c1cc(C)cc(C)c1)C1CCCC(C(F)(F)F)C1. The zero-order valence-electron chi connectivity index (χ0n) is 12.9. The van der Waals surface area contributed by atoms with Crippen LogP contribution >= 0.6 is 0 Å². The number of hydrogen-bond donors (Lipinski definition) is 1. The lowest BCUT2D eigenvalue weighted by atomic mass is 9.75. The van der Waals surface area contributed by atoms with Crippen LogP contribution in [0.5, 0.6) is 0 Å². The Labute approximate surface area is 124 Å². The molecule has 3 atom stereocenters. The average Bonchev–Trinajstić information content (AvgIpc) is 2.38. The minimum absolute atomic E-state index is 0.00810. The molecule has 2 rings (SSSR count). The minimum Gasteiger partial charge on any atom is -0.313 e. The van der Waals surface area contributed by atoms with Crippen LogP contribution in [-0.4, -0.2) is 13.2 Å². The number of halogens is 3. The van der Waals surface area contributed by atoms with Crippen molar-refractivity contribution in [3.8, 4) is 0 Å². The second kappa shape index (κ2) is 6.39. The van der Waals surface area contributed by atoms with Gasteiger partial charge < -0.3 is 5.32 Å². The van der Waals surface area contributed by atoms with E-state index in [9.17, 15) is 13.2 Å². The van der Waals surface area contributed by atoms with Gasteiger partial charge in [-0.1, -0.05) is 35.7 Å². The Kier molecular flexibility index (Phi) is 4.97. The predicted molar refractivity (Wildman–Crippen MR) is 79.2 cm³/mol. The van der Waals surface area contributed by atoms with Gasteiger partial charge in [0.2, 0.25) is 0 Å². The fourth-order valence-corrected chi connectivity index (χ4v) is 3.69. The molecule has 0 spiro atoms.